The van der Waals surface area contributed by atoms with E-state index in [1.165, 1.54) is 17.8 Å². The fourth-order valence-corrected chi connectivity index (χ4v) is 5.29. The molecule has 0 spiro atoms. The summed E-state index contributed by atoms with van der Waals surface area (Å²) in [7, 11) is 1.61. The van der Waals surface area contributed by atoms with Gasteiger partial charge in [0.05, 0.1) is 23.6 Å². The lowest BCUT2D eigenvalue weighted by Crippen LogP contribution is -2.28. The summed E-state index contributed by atoms with van der Waals surface area (Å²) in [5, 5.41) is 4.15. The van der Waals surface area contributed by atoms with Crippen LogP contribution in [0.25, 0.3) is 32.6 Å². The maximum atomic E-state index is 13.3. The Hall–Kier alpha value is -3.42. The number of hydrogen-bond donors (Lipinski definition) is 0. The fourth-order valence-electron chi connectivity index (χ4n) is 4.21. The molecule has 33 heavy (non-hydrogen) atoms. The van der Waals surface area contributed by atoms with Crippen LogP contribution in [0.4, 0.5) is 0 Å². The Bertz CT molecular complexity index is 1610. The molecule has 5 aromatic rings. The van der Waals surface area contributed by atoms with Crippen molar-refractivity contribution >= 4 is 44.4 Å². The van der Waals surface area contributed by atoms with E-state index in [0.717, 1.165) is 21.7 Å². The first kappa shape index (κ1) is 21.4. The molecule has 6 nitrogen and oxygen atoms in total. The number of nitrogens with zero attached hydrogens (tertiary/aromatic N) is 2. The summed E-state index contributed by atoms with van der Waals surface area (Å²) in [5.74, 6) is 0.459. The number of fused-ring (bicyclic) bond motifs is 4. The summed E-state index contributed by atoms with van der Waals surface area (Å²) in [6.07, 6.45) is 0. The Labute approximate surface area is 193 Å². The average Bonchev–Trinajstić information content (AvgIpc) is 2.82. The predicted octanol–water partition coefficient (Wildman–Crippen LogP) is 5.16. The third-order valence-electron chi connectivity index (χ3n) is 5.70. The molecule has 1 atom stereocenters. The van der Waals surface area contributed by atoms with Gasteiger partial charge in [-0.3, -0.25) is 9.36 Å². The minimum absolute atomic E-state index is 0.101. The summed E-state index contributed by atoms with van der Waals surface area (Å²) < 4.78 is 12.5. The Balaban J connectivity index is 1.65. The molecule has 0 bridgehead atoms. The van der Waals surface area contributed by atoms with E-state index in [1.807, 2.05) is 61.5 Å². The second kappa shape index (κ2) is 8.84. The van der Waals surface area contributed by atoms with Gasteiger partial charge in [0.15, 0.2) is 5.16 Å². The summed E-state index contributed by atoms with van der Waals surface area (Å²) >= 11 is 1.43. The van der Waals surface area contributed by atoms with Crippen molar-refractivity contribution in [3.63, 3.8) is 0 Å². The largest absolute Gasteiger partial charge is 0.423 e. The van der Waals surface area contributed by atoms with Crippen molar-refractivity contribution in [3.05, 3.63) is 93.1 Å². The minimum Gasteiger partial charge on any atom is -0.423 e. The molecule has 0 amide bonds. The molecule has 7 heteroatoms. The van der Waals surface area contributed by atoms with Crippen molar-refractivity contribution < 1.29 is 9.15 Å². The van der Waals surface area contributed by atoms with Crippen LogP contribution in [0.1, 0.15) is 18.5 Å². The van der Waals surface area contributed by atoms with Crippen LogP contribution in [-0.4, -0.2) is 23.3 Å². The fraction of sp³-hybridized carbons (Fsp3) is 0.192. The molecule has 0 aliphatic rings. The quantitative estimate of drug-likeness (QED) is 0.152. The van der Waals surface area contributed by atoms with E-state index in [1.54, 1.807) is 17.7 Å². The number of ether oxygens (including phenoxy) is 1. The molecule has 0 fully saturated rings. The van der Waals surface area contributed by atoms with Crippen molar-refractivity contribution in [2.75, 3.05) is 13.7 Å². The van der Waals surface area contributed by atoms with Gasteiger partial charge >= 0.3 is 5.63 Å². The van der Waals surface area contributed by atoms with Crippen LogP contribution in [-0.2, 0) is 10.5 Å². The monoisotopic (exact) mass is 458 g/mol. The van der Waals surface area contributed by atoms with Gasteiger partial charge in [0.25, 0.3) is 5.56 Å². The summed E-state index contributed by atoms with van der Waals surface area (Å²) in [6.45, 7) is 2.32. The number of benzene rings is 3. The van der Waals surface area contributed by atoms with Gasteiger partial charge in [-0.15, -0.1) is 0 Å². The number of thioether (sulfide) groups is 1. The molecule has 3 aromatic carbocycles. The number of rotatable bonds is 6. The van der Waals surface area contributed by atoms with Gasteiger partial charge in [-0.25, -0.2) is 9.78 Å². The van der Waals surface area contributed by atoms with E-state index in [2.05, 4.69) is 0 Å². The molecule has 0 saturated heterocycles. The Morgan fingerprint density at radius 1 is 1.03 bits per heavy atom. The number of hydrogen-bond acceptors (Lipinski definition) is 6. The Morgan fingerprint density at radius 2 is 1.79 bits per heavy atom. The number of aromatic nitrogens is 2. The number of para-hydroxylation sites is 1. The van der Waals surface area contributed by atoms with Crippen LogP contribution in [0.3, 0.4) is 0 Å². The maximum Gasteiger partial charge on any atom is 0.336 e. The predicted molar refractivity (Wildman–Crippen MR) is 132 cm³/mol. The van der Waals surface area contributed by atoms with E-state index in [4.69, 9.17) is 14.1 Å². The second-order valence-electron chi connectivity index (χ2n) is 7.93. The van der Waals surface area contributed by atoms with Crippen LogP contribution in [0.5, 0.6) is 0 Å². The highest BCUT2D eigenvalue weighted by Gasteiger charge is 2.18. The molecule has 0 radical (unpaired) electrons. The van der Waals surface area contributed by atoms with Gasteiger partial charge in [0.1, 0.15) is 5.58 Å². The van der Waals surface area contributed by atoms with E-state index >= 15 is 0 Å². The molecule has 0 unspecified atom stereocenters. The zero-order valence-corrected chi connectivity index (χ0v) is 19.1. The molecule has 2 heterocycles. The lowest BCUT2D eigenvalue weighted by atomic mass is 10.0. The van der Waals surface area contributed by atoms with Crippen LogP contribution < -0.4 is 11.2 Å². The first-order chi connectivity index (χ1) is 16.1. The van der Waals surface area contributed by atoms with E-state index < -0.39 is 5.63 Å². The van der Waals surface area contributed by atoms with Crippen LogP contribution in [0, 0.1) is 0 Å². The molecule has 0 aliphatic carbocycles. The van der Waals surface area contributed by atoms with E-state index in [0.29, 0.717) is 34.0 Å². The first-order valence-electron chi connectivity index (χ1n) is 10.6. The molecule has 0 N–H and O–H groups in total. The average molecular weight is 459 g/mol. The van der Waals surface area contributed by atoms with E-state index in [-0.39, 0.29) is 11.6 Å². The van der Waals surface area contributed by atoms with Crippen molar-refractivity contribution in [1.29, 1.82) is 0 Å². The Morgan fingerprint density at radius 3 is 2.61 bits per heavy atom. The minimum atomic E-state index is -0.398. The topological polar surface area (TPSA) is 74.3 Å². The second-order valence-corrected chi connectivity index (χ2v) is 8.87. The van der Waals surface area contributed by atoms with Gasteiger partial charge in [-0.1, -0.05) is 54.2 Å². The van der Waals surface area contributed by atoms with Crippen LogP contribution >= 0.6 is 11.8 Å². The van der Waals surface area contributed by atoms with Gasteiger partial charge in [-0.2, -0.15) is 0 Å². The van der Waals surface area contributed by atoms with Crippen LogP contribution in [0.2, 0.25) is 0 Å². The highest BCUT2D eigenvalue weighted by molar-refractivity contribution is 7.98. The third kappa shape index (κ3) is 3.94. The molecule has 0 saturated carbocycles. The highest BCUT2D eigenvalue weighted by atomic mass is 32.2. The summed E-state index contributed by atoms with van der Waals surface area (Å²) in [6, 6.07) is 20.5. The molecular formula is C26H22N2O4S. The third-order valence-corrected chi connectivity index (χ3v) is 6.70. The molecular weight excluding hydrogens is 436 g/mol. The SMILES string of the molecule is COC[C@@H](C)n1c(SCc2cc(=O)oc3ccc4ccccc4c23)nc2ccccc2c1=O. The summed E-state index contributed by atoms with van der Waals surface area (Å²) in [4.78, 5) is 30.4. The smallest absolute Gasteiger partial charge is 0.336 e. The molecule has 0 aliphatic heterocycles. The molecule has 2 aromatic heterocycles. The molecule has 5 rings (SSSR count). The standard InChI is InChI=1S/C26H22N2O4S/c1-16(14-31-2)28-25(30)20-9-5-6-10-21(20)27-26(28)33-15-18-13-23(29)32-22-12-11-17-7-3-4-8-19(17)24(18)22/h3-13,16H,14-15H2,1-2H3/t16-/m1/s1. The van der Waals surface area contributed by atoms with E-state index in [9.17, 15) is 9.59 Å². The van der Waals surface area contributed by atoms with Crippen molar-refractivity contribution in [3.8, 4) is 0 Å². The van der Waals surface area contributed by atoms with Gasteiger partial charge in [-0.05, 0) is 41.5 Å². The zero-order valence-electron chi connectivity index (χ0n) is 18.3. The first-order valence-corrected chi connectivity index (χ1v) is 11.6. The van der Waals surface area contributed by atoms with Gasteiger partial charge in [0, 0.05) is 24.3 Å². The summed E-state index contributed by atoms with van der Waals surface area (Å²) in [5.41, 5.74) is 1.54. The highest BCUT2D eigenvalue weighted by Crippen LogP contribution is 2.31. The van der Waals surface area contributed by atoms with Crippen molar-refractivity contribution in [2.45, 2.75) is 23.9 Å². The van der Waals surface area contributed by atoms with Crippen LogP contribution in [0.15, 0.2) is 85.9 Å². The number of methoxy groups -OCH3 is 1. The van der Waals surface area contributed by atoms with Crippen molar-refractivity contribution in [1.82, 2.24) is 9.55 Å². The lowest BCUT2D eigenvalue weighted by molar-refractivity contribution is 0.156. The zero-order chi connectivity index (χ0) is 22.9. The lowest BCUT2D eigenvalue weighted by Gasteiger charge is -2.19. The maximum absolute atomic E-state index is 13.3. The molecule has 166 valence electrons. The normalized spacial score (nSPS) is 12.5. The van der Waals surface area contributed by atoms with Gasteiger partial charge in [0.2, 0.25) is 0 Å². The van der Waals surface area contributed by atoms with Gasteiger partial charge < -0.3 is 9.15 Å². The Kier molecular flexibility index (Phi) is 5.74. The van der Waals surface area contributed by atoms with Crippen molar-refractivity contribution in [2.24, 2.45) is 0 Å².